The summed E-state index contributed by atoms with van der Waals surface area (Å²) in [5.74, 6) is -0.289. The number of ether oxygens (including phenoxy) is 1. The predicted molar refractivity (Wildman–Crippen MR) is 132 cm³/mol. The monoisotopic (exact) mass is 531 g/mol. The molecule has 0 aliphatic rings. The Kier molecular flexibility index (Phi) is 8.61. The van der Waals surface area contributed by atoms with E-state index in [1.165, 1.54) is 5.56 Å². The van der Waals surface area contributed by atoms with Crippen LogP contribution in [0.15, 0.2) is 77.3 Å². The maximum absolute atomic E-state index is 12.5. The second-order valence-corrected chi connectivity index (χ2v) is 8.24. The van der Waals surface area contributed by atoms with Gasteiger partial charge in [-0.25, -0.2) is 0 Å². The van der Waals surface area contributed by atoms with Gasteiger partial charge in [-0.1, -0.05) is 54.1 Å². The van der Waals surface area contributed by atoms with Crippen LogP contribution in [0.1, 0.15) is 26.3 Å². The Bertz CT molecular complexity index is 1130. The van der Waals surface area contributed by atoms with E-state index in [0.29, 0.717) is 27.4 Å². The van der Waals surface area contributed by atoms with Gasteiger partial charge in [0, 0.05) is 12.0 Å². The lowest BCUT2D eigenvalue weighted by molar-refractivity contribution is 0.0934. The van der Waals surface area contributed by atoms with Crippen LogP contribution in [0.2, 0.25) is 5.02 Å². The number of halogens is 2. The van der Waals surface area contributed by atoms with Gasteiger partial charge in [-0.2, -0.15) is 0 Å². The van der Waals surface area contributed by atoms with Gasteiger partial charge in [0.1, 0.15) is 5.75 Å². The Morgan fingerprint density at radius 2 is 1.66 bits per heavy atom. The van der Waals surface area contributed by atoms with Crippen molar-refractivity contribution in [3.63, 3.8) is 0 Å². The van der Waals surface area contributed by atoms with Gasteiger partial charge >= 0.3 is 0 Å². The second kappa shape index (κ2) is 11.6. The highest BCUT2D eigenvalue weighted by Crippen LogP contribution is 2.26. The molecule has 3 N–H and O–H groups in total. The summed E-state index contributed by atoms with van der Waals surface area (Å²) in [7, 11) is 0. The van der Waals surface area contributed by atoms with E-state index in [2.05, 4.69) is 32.1 Å². The molecule has 0 atom stereocenters. The van der Waals surface area contributed by atoms with Crippen molar-refractivity contribution in [1.29, 1.82) is 0 Å². The van der Waals surface area contributed by atoms with E-state index in [9.17, 15) is 9.59 Å². The first-order valence-corrected chi connectivity index (χ1v) is 11.1. The van der Waals surface area contributed by atoms with Gasteiger partial charge in [0.15, 0.2) is 5.11 Å². The number of hydrogen-bond acceptors (Lipinski definition) is 4. The summed E-state index contributed by atoms with van der Waals surface area (Å²) in [5.41, 5.74) is 6.71. The van der Waals surface area contributed by atoms with E-state index in [0.717, 1.165) is 6.42 Å². The number of thiocarbonyl (C=S) groups is 1. The second-order valence-electron chi connectivity index (χ2n) is 6.57. The van der Waals surface area contributed by atoms with Crippen LogP contribution in [0.5, 0.6) is 5.75 Å². The lowest BCUT2D eigenvalue weighted by Gasteiger charge is -2.12. The zero-order valence-electron chi connectivity index (χ0n) is 16.7. The zero-order chi connectivity index (χ0) is 22.9. The minimum absolute atomic E-state index is 0.0605. The number of hydrazine groups is 1. The molecule has 0 radical (unpaired) electrons. The van der Waals surface area contributed by atoms with Crippen molar-refractivity contribution < 1.29 is 14.3 Å². The Balaban J connectivity index is 1.49. The van der Waals surface area contributed by atoms with Gasteiger partial charge in [-0.05, 0) is 64.0 Å². The minimum atomic E-state index is -0.480. The molecule has 0 aliphatic heterocycles. The van der Waals surface area contributed by atoms with E-state index in [1.54, 1.807) is 42.5 Å². The molecule has 3 rings (SSSR count). The van der Waals surface area contributed by atoms with E-state index < -0.39 is 11.8 Å². The largest absolute Gasteiger partial charge is 0.492 e. The molecule has 0 aliphatic carbocycles. The number of amides is 2. The van der Waals surface area contributed by atoms with Crippen LogP contribution in [-0.2, 0) is 6.42 Å². The van der Waals surface area contributed by atoms with Gasteiger partial charge in [-0.15, -0.1) is 0 Å². The zero-order valence-corrected chi connectivity index (χ0v) is 19.9. The molecule has 3 aromatic carbocycles. The molecule has 0 heterocycles. The smallest absolute Gasteiger partial charge is 0.271 e. The third-order valence-electron chi connectivity index (χ3n) is 4.32. The van der Waals surface area contributed by atoms with E-state index in [1.807, 2.05) is 30.3 Å². The summed E-state index contributed by atoms with van der Waals surface area (Å²) in [6.45, 7) is 0.507. The van der Waals surface area contributed by atoms with Gasteiger partial charge in [0.05, 0.1) is 21.7 Å². The first-order valence-electron chi connectivity index (χ1n) is 9.56. The minimum Gasteiger partial charge on any atom is -0.492 e. The molecule has 9 heteroatoms. The summed E-state index contributed by atoms with van der Waals surface area (Å²) in [6, 6.07) is 21.6. The number of carbonyl (C=O) groups is 2. The standard InChI is InChI=1S/C23H19BrClN3O3S/c24-18-14-16(10-11-20(18)31-13-12-15-6-2-1-3-7-15)21(29)26-23(32)28-27-22(30)17-8-4-5-9-19(17)25/h1-11,14H,12-13H2,(H,27,30)(H2,26,28,29,32). The predicted octanol–water partition coefficient (Wildman–Crippen LogP) is 4.67. The fourth-order valence-electron chi connectivity index (χ4n) is 2.72. The average molecular weight is 533 g/mol. The van der Waals surface area contributed by atoms with E-state index >= 15 is 0 Å². The third kappa shape index (κ3) is 6.78. The Hall–Kier alpha value is -2.94. The molecule has 164 valence electrons. The van der Waals surface area contributed by atoms with Crippen LogP contribution in [0.25, 0.3) is 0 Å². The molecular formula is C23H19BrClN3O3S. The van der Waals surface area contributed by atoms with Crippen molar-refractivity contribution in [2.75, 3.05) is 6.61 Å². The van der Waals surface area contributed by atoms with Gasteiger partial charge in [0.25, 0.3) is 11.8 Å². The normalized spacial score (nSPS) is 10.2. The van der Waals surface area contributed by atoms with Crippen LogP contribution >= 0.6 is 39.7 Å². The van der Waals surface area contributed by atoms with Crippen molar-refractivity contribution >= 4 is 56.7 Å². The van der Waals surface area contributed by atoms with Crippen molar-refractivity contribution in [1.82, 2.24) is 16.2 Å². The highest BCUT2D eigenvalue weighted by atomic mass is 79.9. The molecule has 0 bridgehead atoms. The summed E-state index contributed by atoms with van der Waals surface area (Å²) >= 11 is 14.5. The molecular weight excluding hydrogens is 514 g/mol. The van der Waals surface area contributed by atoms with Gasteiger partial charge in [0.2, 0.25) is 0 Å². The van der Waals surface area contributed by atoms with E-state index in [-0.39, 0.29) is 10.7 Å². The highest BCUT2D eigenvalue weighted by molar-refractivity contribution is 9.10. The lowest BCUT2D eigenvalue weighted by atomic mass is 10.2. The Morgan fingerprint density at radius 3 is 2.38 bits per heavy atom. The lowest BCUT2D eigenvalue weighted by Crippen LogP contribution is -2.48. The number of hydrogen-bond donors (Lipinski definition) is 3. The summed E-state index contributed by atoms with van der Waals surface area (Å²) in [6.07, 6.45) is 0.773. The molecule has 0 saturated carbocycles. The maximum atomic E-state index is 12.5. The fourth-order valence-corrected chi connectivity index (χ4v) is 3.57. The Labute approximate surface area is 204 Å². The van der Waals surface area contributed by atoms with Crippen LogP contribution in [0, 0.1) is 0 Å². The molecule has 0 saturated heterocycles. The SMILES string of the molecule is O=C(NC(=S)NNC(=O)c1ccccc1Cl)c1ccc(OCCc2ccccc2)c(Br)c1. The third-order valence-corrected chi connectivity index (χ3v) is 5.47. The molecule has 0 aromatic heterocycles. The molecule has 6 nitrogen and oxygen atoms in total. The van der Waals surface area contributed by atoms with Crippen molar-refractivity contribution in [3.8, 4) is 5.75 Å². The topological polar surface area (TPSA) is 79.5 Å². The van der Waals surface area contributed by atoms with Crippen molar-refractivity contribution in [3.05, 3.63) is 99.0 Å². The first kappa shape index (κ1) is 23.7. The molecule has 2 amide bonds. The number of carbonyl (C=O) groups excluding carboxylic acids is 2. The quantitative estimate of drug-likeness (QED) is 0.318. The Morgan fingerprint density at radius 1 is 0.938 bits per heavy atom. The van der Waals surface area contributed by atoms with Crippen molar-refractivity contribution in [2.45, 2.75) is 6.42 Å². The molecule has 0 fully saturated rings. The average Bonchev–Trinajstić information content (AvgIpc) is 2.79. The molecule has 0 spiro atoms. The first-order chi connectivity index (χ1) is 15.4. The van der Waals surface area contributed by atoms with Crippen LogP contribution in [0.3, 0.4) is 0 Å². The van der Waals surface area contributed by atoms with Crippen LogP contribution in [-0.4, -0.2) is 23.5 Å². The van der Waals surface area contributed by atoms with Crippen molar-refractivity contribution in [2.24, 2.45) is 0 Å². The summed E-state index contributed by atoms with van der Waals surface area (Å²) < 4.78 is 6.44. The highest BCUT2D eigenvalue weighted by Gasteiger charge is 2.13. The van der Waals surface area contributed by atoms with Crippen LogP contribution < -0.4 is 20.9 Å². The molecule has 0 unspecified atom stereocenters. The molecule has 3 aromatic rings. The maximum Gasteiger partial charge on any atom is 0.271 e. The number of nitrogens with one attached hydrogen (secondary N) is 3. The fraction of sp³-hybridized carbons (Fsp3) is 0.0870. The van der Waals surface area contributed by atoms with Gasteiger partial charge in [-0.3, -0.25) is 25.8 Å². The molecule has 32 heavy (non-hydrogen) atoms. The summed E-state index contributed by atoms with van der Waals surface area (Å²) in [4.78, 5) is 24.6. The number of benzene rings is 3. The van der Waals surface area contributed by atoms with Crippen LogP contribution in [0.4, 0.5) is 0 Å². The summed E-state index contributed by atoms with van der Waals surface area (Å²) in [5, 5.41) is 2.74. The van der Waals surface area contributed by atoms with Gasteiger partial charge < -0.3 is 4.74 Å². The van der Waals surface area contributed by atoms with E-state index in [4.69, 9.17) is 28.6 Å². The number of rotatable bonds is 6.